The second kappa shape index (κ2) is 5.78. The lowest BCUT2D eigenvalue weighted by Gasteiger charge is -2.28. The van der Waals surface area contributed by atoms with Crippen LogP contribution in [0.15, 0.2) is 42.5 Å². The van der Waals surface area contributed by atoms with Gasteiger partial charge in [-0.15, -0.1) is 0 Å². The van der Waals surface area contributed by atoms with Crippen molar-refractivity contribution in [2.75, 3.05) is 13.7 Å². The molecule has 0 saturated heterocycles. The monoisotopic (exact) mass is 321 g/mol. The Bertz CT molecular complexity index is 792. The number of methoxy groups -OCH3 is 1. The van der Waals surface area contributed by atoms with Crippen LogP contribution in [0.4, 0.5) is 0 Å². The Labute approximate surface area is 141 Å². The minimum Gasteiger partial charge on any atom is -0.496 e. The maximum atomic E-state index is 12.5. The van der Waals surface area contributed by atoms with Crippen molar-refractivity contribution in [3.63, 3.8) is 0 Å². The van der Waals surface area contributed by atoms with E-state index in [4.69, 9.17) is 4.74 Å². The fourth-order valence-electron chi connectivity index (χ4n) is 3.86. The third-order valence-electron chi connectivity index (χ3n) is 5.08. The number of fused-ring (bicyclic) bond motifs is 2. The summed E-state index contributed by atoms with van der Waals surface area (Å²) in [5, 5.41) is 0. The van der Waals surface area contributed by atoms with Gasteiger partial charge < -0.3 is 4.74 Å². The van der Waals surface area contributed by atoms with E-state index in [-0.39, 0.29) is 11.8 Å². The molecular formula is C20H19NO3. The fraction of sp³-hybridized carbons (Fsp3) is 0.300. The van der Waals surface area contributed by atoms with Crippen LogP contribution < -0.4 is 4.74 Å². The molecule has 4 nitrogen and oxygen atoms in total. The van der Waals surface area contributed by atoms with Crippen LogP contribution >= 0.6 is 0 Å². The summed E-state index contributed by atoms with van der Waals surface area (Å²) in [6.45, 7) is 0.489. The van der Waals surface area contributed by atoms with Gasteiger partial charge in [0.1, 0.15) is 5.75 Å². The average molecular weight is 321 g/mol. The smallest absolute Gasteiger partial charge is 0.261 e. The predicted octanol–water partition coefficient (Wildman–Crippen LogP) is 3.10. The zero-order valence-electron chi connectivity index (χ0n) is 13.6. The Balaban J connectivity index is 1.54. The summed E-state index contributed by atoms with van der Waals surface area (Å²) in [6, 6.07) is 13.2. The van der Waals surface area contributed by atoms with Gasteiger partial charge in [0.25, 0.3) is 11.8 Å². The van der Waals surface area contributed by atoms with E-state index in [1.54, 1.807) is 31.4 Å². The third-order valence-corrected chi connectivity index (χ3v) is 5.08. The number of rotatable bonds is 3. The highest BCUT2D eigenvalue weighted by Gasteiger charge is 2.37. The fourth-order valence-corrected chi connectivity index (χ4v) is 3.86. The number of carbonyl (C=O) groups is 2. The van der Waals surface area contributed by atoms with Gasteiger partial charge in [0.05, 0.1) is 18.2 Å². The largest absolute Gasteiger partial charge is 0.496 e. The number of imide groups is 1. The summed E-state index contributed by atoms with van der Waals surface area (Å²) in [4.78, 5) is 26.4. The van der Waals surface area contributed by atoms with Gasteiger partial charge in [-0.3, -0.25) is 14.5 Å². The second-order valence-electron chi connectivity index (χ2n) is 6.47. The van der Waals surface area contributed by atoms with E-state index < -0.39 is 0 Å². The molecule has 4 rings (SSSR count). The molecule has 1 aliphatic carbocycles. The maximum absolute atomic E-state index is 12.5. The highest BCUT2D eigenvalue weighted by molar-refractivity contribution is 6.21. The second-order valence-corrected chi connectivity index (χ2v) is 6.47. The lowest BCUT2D eigenvalue weighted by atomic mass is 9.83. The van der Waals surface area contributed by atoms with E-state index in [2.05, 4.69) is 6.07 Å². The maximum Gasteiger partial charge on any atom is 0.261 e. The molecule has 1 atom stereocenters. The van der Waals surface area contributed by atoms with E-state index in [9.17, 15) is 9.59 Å². The first kappa shape index (κ1) is 14.9. The number of carbonyl (C=O) groups excluding carboxylic acids is 2. The molecule has 0 radical (unpaired) electrons. The number of hydrogen-bond donors (Lipinski definition) is 0. The molecule has 2 aliphatic rings. The molecule has 0 bridgehead atoms. The first-order valence-electron chi connectivity index (χ1n) is 8.29. The Hall–Kier alpha value is -2.62. The van der Waals surface area contributed by atoms with Crippen molar-refractivity contribution < 1.29 is 14.3 Å². The van der Waals surface area contributed by atoms with Gasteiger partial charge in [-0.2, -0.15) is 0 Å². The zero-order chi connectivity index (χ0) is 16.7. The van der Waals surface area contributed by atoms with Crippen LogP contribution in [-0.2, 0) is 12.8 Å². The Morgan fingerprint density at radius 2 is 1.75 bits per heavy atom. The van der Waals surface area contributed by atoms with Crippen LogP contribution in [0.25, 0.3) is 0 Å². The zero-order valence-corrected chi connectivity index (χ0v) is 13.6. The molecule has 24 heavy (non-hydrogen) atoms. The van der Waals surface area contributed by atoms with Crippen LogP contribution in [0.3, 0.4) is 0 Å². The van der Waals surface area contributed by atoms with Crippen molar-refractivity contribution in [2.24, 2.45) is 5.92 Å². The molecule has 0 N–H and O–H groups in total. The third kappa shape index (κ3) is 2.30. The molecule has 122 valence electrons. The molecule has 2 aromatic carbocycles. The first-order valence-corrected chi connectivity index (χ1v) is 8.29. The number of hydrogen-bond acceptors (Lipinski definition) is 3. The van der Waals surface area contributed by atoms with Crippen LogP contribution in [0.2, 0.25) is 0 Å². The molecule has 0 saturated carbocycles. The lowest BCUT2D eigenvalue weighted by Crippen LogP contribution is -2.36. The summed E-state index contributed by atoms with van der Waals surface area (Å²) in [5.41, 5.74) is 3.58. The molecular weight excluding hydrogens is 302 g/mol. The molecule has 2 amide bonds. The highest BCUT2D eigenvalue weighted by atomic mass is 16.5. The first-order chi connectivity index (χ1) is 11.7. The van der Waals surface area contributed by atoms with Gasteiger partial charge in [0.2, 0.25) is 0 Å². The van der Waals surface area contributed by atoms with Crippen molar-refractivity contribution in [3.8, 4) is 5.75 Å². The number of amides is 2. The molecule has 1 aliphatic heterocycles. The van der Waals surface area contributed by atoms with E-state index in [0.717, 1.165) is 25.0 Å². The van der Waals surface area contributed by atoms with E-state index in [1.165, 1.54) is 16.0 Å². The Kier molecular flexibility index (Phi) is 3.60. The van der Waals surface area contributed by atoms with Crippen molar-refractivity contribution >= 4 is 11.8 Å². The summed E-state index contributed by atoms with van der Waals surface area (Å²) in [5.74, 6) is 0.914. The SMILES string of the molecule is COc1cccc2c1CCC(CN1C(=O)c3ccccc3C1=O)C2. The van der Waals surface area contributed by atoms with E-state index in [0.29, 0.717) is 23.6 Å². The summed E-state index contributed by atoms with van der Waals surface area (Å²) in [6.07, 6.45) is 2.76. The molecule has 1 unspecified atom stereocenters. The normalized spacial score (nSPS) is 19.2. The Morgan fingerprint density at radius 1 is 1.04 bits per heavy atom. The summed E-state index contributed by atoms with van der Waals surface area (Å²) >= 11 is 0. The minimum absolute atomic E-state index is 0.160. The van der Waals surface area contributed by atoms with Gasteiger partial charge in [-0.05, 0) is 54.5 Å². The van der Waals surface area contributed by atoms with Crippen LogP contribution in [0, 0.1) is 5.92 Å². The highest BCUT2D eigenvalue weighted by Crippen LogP contribution is 2.33. The van der Waals surface area contributed by atoms with Crippen molar-refractivity contribution in [1.29, 1.82) is 0 Å². The number of ether oxygens (including phenoxy) is 1. The molecule has 0 fully saturated rings. The van der Waals surface area contributed by atoms with Gasteiger partial charge >= 0.3 is 0 Å². The van der Waals surface area contributed by atoms with E-state index in [1.807, 2.05) is 12.1 Å². The topological polar surface area (TPSA) is 46.6 Å². The van der Waals surface area contributed by atoms with E-state index >= 15 is 0 Å². The van der Waals surface area contributed by atoms with Gasteiger partial charge in [0, 0.05) is 6.54 Å². The Morgan fingerprint density at radius 3 is 2.42 bits per heavy atom. The van der Waals surface area contributed by atoms with Crippen molar-refractivity contribution in [2.45, 2.75) is 19.3 Å². The molecule has 0 aromatic heterocycles. The minimum atomic E-state index is -0.160. The molecule has 2 aromatic rings. The number of benzene rings is 2. The lowest BCUT2D eigenvalue weighted by molar-refractivity contribution is 0.0624. The van der Waals surface area contributed by atoms with Crippen LogP contribution in [0.1, 0.15) is 38.3 Å². The van der Waals surface area contributed by atoms with Crippen molar-refractivity contribution in [3.05, 3.63) is 64.7 Å². The standard InChI is InChI=1S/C20H19NO3/c1-24-18-8-4-5-14-11-13(9-10-15(14)18)12-21-19(22)16-6-2-3-7-17(16)20(21)23/h2-8,13H,9-12H2,1H3. The summed E-state index contributed by atoms with van der Waals surface area (Å²) in [7, 11) is 1.69. The number of nitrogens with zero attached hydrogens (tertiary/aromatic N) is 1. The van der Waals surface area contributed by atoms with Gasteiger partial charge in [-0.1, -0.05) is 24.3 Å². The van der Waals surface area contributed by atoms with Crippen molar-refractivity contribution in [1.82, 2.24) is 4.90 Å². The van der Waals surface area contributed by atoms with Gasteiger partial charge in [-0.25, -0.2) is 0 Å². The summed E-state index contributed by atoms with van der Waals surface area (Å²) < 4.78 is 5.44. The van der Waals surface area contributed by atoms with Crippen LogP contribution in [0.5, 0.6) is 5.75 Å². The van der Waals surface area contributed by atoms with Gasteiger partial charge in [0.15, 0.2) is 0 Å². The molecule has 4 heteroatoms. The quantitative estimate of drug-likeness (QED) is 0.816. The average Bonchev–Trinajstić information content (AvgIpc) is 2.86. The predicted molar refractivity (Wildman–Crippen MR) is 90.3 cm³/mol. The van der Waals surface area contributed by atoms with Crippen LogP contribution in [-0.4, -0.2) is 30.4 Å². The molecule has 1 heterocycles. The molecule has 0 spiro atoms.